The molecule has 2 aliphatic heterocycles. The van der Waals surface area contributed by atoms with Crippen molar-refractivity contribution < 1.29 is 17.9 Å². The fourth-order valence-electron chi connectivity index (χ4n) is 3.63. The molecule has 9 heteroatoms. The Kier molecular flexibility index (Phi) is 5.56. The van der Waals surface area contributed by atoms with E-state index in [0.29, 0.717) is 37.8 Å². The monoisotopic (exact) mass is 406 g/mol. The van der Waals surface area contributed by atoms with Crippen LogP contribution in [0.5, 0.6) is 11.5 Å². The Hall–Kier alpha value is -2.10. The van der Waals surface area contributed by atoms with Crippen molar-refractivity contribution in [2.75, 3.05) is 45.9 Å². The van der Waals surface area contributed by atoms with Gasteiger partial charge in [0.15, 0.2) is 11.5 Å². The van der Waals surface area contributed by atoms with Gasteiger partial charge in [-0.1, -0.05) is 6.92 Å². The van der Waals surface area contributed by atoms with Gasteiger partial charge in [-0.25, -0.2) is 13.4 Å². The molecule has 1 saturated heterocycles. The maximum Gasteiger partial charge on any atom is 0.243 e. The summed E-state index contributed by atoms with van der Waals surface area (Å²) < 4.78 is 40.7. The molecule has 1 aromatic carbocycles. The number of nitrogens with zero attached hydrogens (tertiary/aromatic N) is 4. The predicted octanol–water partition coefficient (Wildman–Crippen LogP) is 1.22. The molecule has 2 aromatic rings. The third-order valence-electron chi connectivity index (χ3n) is 5.26. The summed E-state index contributed by atoms with van der Waals surface area (Å²) in [5.41, 5.74) is 0. The standard InChI is InChI=1S/C19H26N4O4S/c1-2-19-20-5-6-22(19)10-7-21-8-11-23(12-9-21)28(24,25)16-3-4-17-18(15-16)27-14-13-26-17/h3-6,15H,2,7-14H2,1H3. The minimum absolute atomic E-state index is 0.260. The second-order valence-corrected chi connectivity index (χ2v) is 8.88. The number of piperazine rings is 1. The van der Waals surface area contributed by atoms with Crippen LogP contribution in [-0.2, 0) is 23.0 Å². The van der Waals surface area contributed by atoms with Crippen molar-refractivity contribution in [2.24, 2.45) is 0 Å². The van der Waals surface area contributed by atoms with Crippen LogP contribution < -0.4 is 9.47 Å². The van der Waals surface area contributed by atoms with Crippen molar-refractivity contribution in [2.45, 2.75) is 24.8 Å². The van der Waals surface area contributed by atoms with E-state index in [1.807, 2.05) is 12.4 Å². The number of ether oxygens (including phenoxy) is 2. The van der Waals surface area contributed by atoms with Crippen LogP contribution >= 0.6 is 0 Å². The summed E-state index contributed by atoms with van der Waals surface area (Å²) >= 11 is 0. The second-order valence-electron chi connectivity index (χ2n) is 6.94. The molecule has 0 aliphatic carbocycles. The zero-order chi connectivity index (χ0) is 19.6. The summed E-state index contributed by atoms with van der Waals surface area (Å²) in [6, 6.07) is 4.84. The third-order valence-corrected chi connectivity index (χ3v) is 7.15. The zero-order valence-corrected chi connectivity index (χ0v) is 16.9. The van der Waals surface area contributed by atoms with E-state index in [1.54, 1.807) is 22.5 Å². The molecule has 0 radical (unpaired) electrons. The molecule has 0 amide bonds. The first kappa shape index (κ1) is 19.2. The Bertz CT molecular complexity index is 920. The van der Waals surface area contributed by atoms with Crippen LogP contribution in [0.25, 0.3) is 0 Å². The molecular weight excluding hydrogens is 380 g/mol. The number of aryl methyl sites for hydroxylation is 1. The number of benzene rings is 1. The number of rotatable bonds is 6. The Morgan fingerprint density at radius 3 is 2.54 bits per heavy atom. The van der Waals surface area contributed by atoms with Gasteiger partial charge in [-0.2, -0.15) is 4.31 Å². The maximum atomic E-state index is 13.0. The molecule has 2 aliphatic rings. The molecule has 1 aromatic heterocycles. The quantitative estimate of drug-likeness (QED) is 0.718. The van der Waals surface area contributed by atoms with E-state index in [-0.39, 0.29) is 4.90 Å². The molecule has 3 heterocycles. The lowest BCUT2D eigenvalue weighted by atomic mass is 10.3. The van der Waals surface area contributed by atoms with Crippen LogP contribution in [0.1, 0.15) is 12.7 Å². The molecule has 0 saturated carbocycles. The molecule has 4 rings (SSSR count). The van der Waals surface area contributed by atoms with E-state index < -0.39 is 10.0 Å². The summed E-state index contributed by atoms with van der Waals surface area (Å²) in [6.45, 7) is 7.20. The fourth-order valence-corrected chi connectivity index (χ4v) is 5.07. The molecule has 0 unspecified atom stereocenters. The topological polar surface area (TPSA) is 76.9 Å². The molecule has 28 heavy (non-hydrogen) atoms. The van der Waals surface area contributed by atoms with Gasteiger partial charge in [0, 0.05) is 64.1 Å². The number of sulfonamides is 1. The molecule has 1 fully saturated rings. The molecule has 0 N–H and O–H groups in total. The Balaban J connectivity index is 1.36. The highest BCUT2D eigenvalue weighted by Gasteiger charge is 2.29. The normalized spacial score (nSPS) is 18.3. The summed E-state index contributed by atoms with van der Waals surface area (Å²) in [7, 11) is -3.53. The highest BCUT2D eigenvalue weighted by atomic mass is 32.2. The van der Waals surface area contributed by atoms with Crippen molar-refractivity contribution >= 4 is 10.0 Å². The van der Waals surface area contributed by atoms with Gasteiger partial charge >= 0.3 is 0 Å². The molecule has 0 spiro atoms. The van der Waals surface area contributed by atoms with E-state index in [0.717, 1.165) is 38.4 Å². The smallest absolute Gasteiger partial charge is 0.243 e. The van der Waals surface area contributed by atoms with Gasteiger partial charge in [-0.3, -0.25) is 4.90 Å². The van der Waals surface area contributed by atoms with Crippen molar-refractivity contribution in [3.63, 3.8) is 0 Å². The van der Waals surface area contributed by atoms with E-state index in [4.69, 9.17) is 9.47 Å². The van der Waals surface area contributed by atoms with Gasteiger partial charge in [-0.05, 0) is 12.1 Å². The first-order valence-electron chi connectivity index (χ1n) is 9.70. The average Bonchev–Trinajstić information content (AvgIpc) is 3.20. The Labute approximate surface area is 165 Å². The van der Waals surface area contributed by atoms with Crippen molar-refractivity contribution in [1.82, 2.24) is 18.8 Å². The van der Waals surface area contributed by atoms with Crippen LogP contribution in [-0.4, -0.2) is 73.1 Å². The third kappa shape index (κ3) is 3.87. The van der Waals surface area contributed by atoms with Crippen LogP contribution in [0.4, 0.5) is 0 Å². The maximum absolute atomic E-state index is 13.0. The van der Waals surface area contributed by atoms with Crippen LogP contribution in [0.3, 0.4) is 0 Å². The SMILES string of the molecule is CCc1nccn1CCN1CCN(S(=O)(=O)c2ccc3c(c2)OCCO3)CC1. The van der Waals surface area contributed by atoms with E-state index in [1.165, 1.54) is 0 Å². The van der Waals surface area contributed by atoms with E-state index in [9.17, 15) is 8.42 Å². The predicted molar refractivity (Wildman–Crippen MR) is 104 cm³/mol. The number of fused-ring (bicyclic) bond motifs is 1. The first-order valence-corrected chi connectivity index (χ1v) is 11.1. The first-order chi connectivity index (χ1) is 13.6. The zero-order valence-electron chi connectivity index (χ0n) is 16.1. The lowest BCUT2D eigenvalue weighted by Crippen LogP contribution is -2.49. The number of hydrogen-bond acceptors (Lipinski definition) is 6. The van der Waals surface area contributed by atoms with Crippen LogP contribution in [0.2, 0.25) is 0 Å². The van der Waals surface area contributed by atoms with Gasteiger partial charge < -0.3 is 14.0 Å². The van der Waals surface area contributed by atoms with Gasteiger partial charge in [0.25, 0.3) is 0 Å². The highest BCUT2D eigenvalue weighted by molar-refractivity contribution is 7.89. The lowest BCUT2D eigenvalue weighted by molar-refractivity contribution is 0.170. The number of imidazole rings is 1. The summed E-state index contributed by atoms with van der Waals surface area (Å²) in [5, 5.41) is 0. The molecular formula is C19H26N4O4S. The molecule has 0 atom stereocenters. The average molecular weight is 407 g/mol. The highest BCUT2D eigenvalue weighted by Crippen LogP contribution is 2.33. The van der Waals surface area contributed by atoms with Crippen molar-refractivity contribution in [1.29, 1.82) is 0 Å². The fraction of sp³-hybridized carbons (Fsp3) is 0.526. The number of hydrogen-bond donors (Lipinski definition) is 0. The Morgan fingerprint density at radius 2 is 1.79 bits per heavy atom. The molecule has 8 nitrogen and oxygen atoms in total. The second kappa shape index (κ2) is 8.10. The number of aromatic nitrogens is 2. The summed E-state index contributed by atoms with van der Waals surface area (Å²) in [6.07, 6.45) is 4.74. The van der Waals surface area contributed by atoms with Gasteiger partial charge in [0.1, 0.15) is 19.0 Å². The minimum Gasteiger partial charge on any atom is -0.486 e. The summed E-state index contributed by atoms with van der Waals surface area (Å²) in [4.78, 5) is 6.91. The van der Waals surface area contributed by atoms with Crippen LogP contribution in [0.15, 0.2) is 35.5 Å². The van der Waals surface area contributed by atoms with Crippen molar-refractivity contribution in [3.05, 3.63) is 36.4 Å². The lowest BCUT2D eigenvalue weighted by Gasteiger charge is -2.34. The van der Waals surface area contributed by atoms with Gasteiger partial charge in [0.05, 0.1) is 4.90 Å². The largest absolute Gasteiger partial charge is 0.486 e. The molecule has 152 valence electrons. The van der Waals surface area contributed by atoms with Gasteiger partial charge in [0.2, 0.25) is 10.0 Å². The van der Waals surface area contributed by atoms with E-state index >= 15 is 0 Å². The summed E-state index contributed by atoms with van der Waals surface area (Å²) in [5.74, 6) is 2.18. The van der Waals surface area contributed by atoms with E-state index in [2.05, 4.69) is 21.4 Å². The Morgan fingerprint density at radius 1 is 1.04 bits per heavy atom. The van der Waals surface area contributed by atoms with Crippen LogP contribution in [0, 0.1) is 0 Å². The molecule has 0 bridgehead atoms. The van der Waals surface area contributed by atoms with Gasteiger partial charge in [-0.15, -0.1) is 0 Å². The minimum atomic E-state index is -3.53. The van der Waals surface area contributed by atoms with Crippen molar-refractivity contribution in [3.8, 4) is 11.5 Å².